The van der Waals surface area contributed by atoms with Crippen LogP contribution >= 0.6 is 36.2 Å². The van der Waals surface area contributed by atoms with Crippen molar-refractivity contribution in [2.45, 2.75) is 0 Å². The molecule has 0 spiro atoms. The van der Waals surface area contributed by atoms with Crippen molar-refractivity contribution in [3.05, 3.63) is 71.2 Å². The summed E-state index contributed by atoms with van der Waals surface area (Å²) in [5.74, 6) is 0.268. The maximum absolute atomic E-state index is 6.17. The third kappa shape index (κ3) is 4.03. The Morgan fingerprint density at radius 1 is 1.08 bits per heavy atom. The fourth-order valence-electron chi connectivity index (χ4n) is 2.31. The first-order chi connectivity index (χ1) is 11.2. The number of thiocarbonyl (C=S) groups is 1. The first-order valence-corrected chi connectivity index (χ1v) is 7.86. The smallest absolute Gasteiger partial charge is 0.198 e. The molecule has 0 saturated carbocycles. The van der Waals surface area contributed by atoms with E-state index in [1.165, 1.54) is 0 Å². The van der Waals surface area contributed by atoms with Crippen molar-refractivity contribution in [3.63, 3.8) is 0 Å². The highest BCUT2D eigenvalue weighted by molar-refractivity contribution is 7.79. The normalized spacial score (nSPS) is 11.0. The van der Waals surface area contributed by atoms with Crippen molar-refractivity contribution in [3.8, 4) is 0 Å². The van der Waals surface area contributed by atoms with Crippen molar-refractivity contribution >= 4 is 69.7 Å². The number of anilines is 1. The Balaban J connectivity index is 0.00000208. The van der Waals surface area contributed by atoms with Gasteiger partial charge in [-0.05, 0) is 29.1 Å². The topological polar surface area (TPSA) is 50.4 Å². The van der Waals surface area contributed by atoms with Crippen LogP contribution in [0, 0.1) is 0 Å². The molecule has 3 rings (SSSR count). The molecule has 3 aromatic rings. The highest BCUT2D eigenvalue weighted by atomic mass is 35.5. The van der Waals surface area contributed by atoms with Crippen LogP contribution in [-0.2, 0) is 0 Å². The van der Waals surface area contributed by atoms with Gasteiger partial charge in [0.2, 0.25) is 0 Å². The van der Waals surface area contributed by atoms with E-state index in [-0.39, 0.29) is 18.4 Å². The summed E-state index contributed by atoms with van der Waals surface area (Å²) in [7, 11) is 0. The molecule has 6 heteroatoms. The number of nitrogens with one attached hydrogen (secondary N) is 1. The minimum absolute atomic E-state index is 0. The number of aliphatic imine (C=N–C) groups is 1. The second-order valence-electron chi connectivity index (χ2n) is 4.98. The molecule has 0 radical (unpaired) electrons. The van der Waals surface area contributed by atoms with Gasteiger partial charge in [-0.25, -0.2) is 4.99 Å². The van der Waals surface area contributed by atoms with E-state index >= 15 is 0 Å². The summed E-state index contributed by atoms with van der Waals surface area (Å²) in [5.41, 5.74) is 8.39. The maximum Gasteiger partial charge on any atom is 0.198 e. The maximum atomic E-state index is 6.17. The first-order valence-electron chi connectivity index (χ1n) is 7.01. The van der Waals surface area contributed by atoms with Gasteiger partial charge < -0.3 is 11.1 Å². The Morgan fingerprint density at radius 2 is 1.83 bits per heavy atom. The minimum Gasteiger partial charge on any atom is -0.369 e. The lowest BCUT2D eigenvalue weighted by atomic mass is 10.1. The third-order valence-corrected chi connectivity index (χ3v) is 4.00. The van der Waals surface area contributed by atoms with Crippen LogP contribution in [0.5, 0.6) is 0 Å². The minimum atomic E-state index is 0. The average molecular weight is 376 g/mol. The summed E-state index contributed by atoms with van der Waals surface area (Å²) in [6, 6.07) is 19.4. The number of rotatable bonds is 3. The predicted molar refractivity (Wildman–Crippen MR) is 110 cm³/mol. The van der Waals surface area contributed by atoms with Gasteiger partial charge in [0.05, 0.1) is 16.4 Å². The average Bonchev–Trinajstić information content (AvgIpc) is 2.57. The van der Waals surface area contributed by atoms with Crippen LogP contribution in [0.25, 0.3) is 10.8 Å². The van der Waals surface area contributed by atoms with Crippen LogP contribution in [0.3, 0.4) is 0 Å². The van der Waals surface area contributed by atoms with Gasteiger partial charge in [-0.2, -0.15) is 0 Å². The van der Waals surface area contributed by atoms with Gasteiger partial charge >= 0.3 is 0 Å². The standard InChI is InChI=1S/C18H14ClN3S.ClH/c19-15-9-8-12(11-23)10-17(15)22-18(20)21-16-7-3-5-13-4-1-2-6-14(13)16;/h1-11H,(H3,20,21,22);1H. The molecular formula is C18H15Cl2N3S. The van der Waals surface area contributed by atoms with E-state index in [4.69, 9.17) is 29.6 Å². The fraction of sp³-hybridized carbons (Fsp3) is 0. The summed E-state index contributed by atoms with van der Waals surface area (Å²) >= 11 is 11.1. The molecule has 122 valence electrons. The lowest BCUT2D eigenvalue weighted by Gasteiger charge is -2.09. The number of nitrogens with two attached hydrogens (primary N) is 1. The van der Waals surface area contributed by atoms with E-state index in [1.54, 1.807) is 11.4 Å². The van der Waals surface area contributed by atoms with E-state index in [2.05, 4.69) is 10.3 Å². The number of hydrogen-bond acceptors (Lipinski definition) is 2. The molecule has 0 amide bonds. The Kier molecular flexibility index (Phi) is 6.15. The van der Waals surface area contributed by atoms with Crippen LogP contribution in [0.15, 0.2) is 65.7 Å². The predicted octanol–water partition coefficient (Wildman–Crippen LogP) is 5.32. The second kappa shape index (κ2) is 8.11. The number of nitrogens with zero attached hydrogens (tertiary/aromatic N) is 1. The summed E-state index contributed by atoms with van der Waals surface area (Å²) in [4.78, 5) is 4.47. The Hall–Kier alpha value is -2.14. The van der Waals surface area contributed by atoms with Crippen LogP contribution in [0.4, 0.5) is 11.4 Å². The van der Waals surface area contributed by atoms with Gasteiger partial charge in [0.1, 0.15) is 0 Å². The van der Waals surface area contributed by atoms with Crippen LogP contribution < -0.4 is 11.1 Å². The molecule has 0 unspecified atom stereocenters. The quantitative estimate of drug-likeness (QED) is 0.369. The van der Waals surface area contributed by atoms with Gasteiger partial charge in [0.15, 0.2) is 5.96 Å². The largest absolute Gasteiger partial charge is 0.369 e. The molecule has 3 nitrogen and oxygen atoms in total. The Labute approximate surface area is 157 Å². The molecule has 24 heavy (non-hydrogen) atoms. The van der Waals surface area contributed by atoms with E-state index in [9.17, 15) is 0 Å². The first kappa shape index (κ1) is 18.2. The van der Waals surface area contributed by atoms with Crippen LogP contribution in [0.2, 0.25) is 5.02 Å². The van der Waals surface area contributed by atoms with Crippen molar-refractivity contribution < 1.29 is 0 Å². The Morgan fingerprint density at radius 3 is 2.62 bits per heavy atom. The highest BCUT2D eigenvalue weighted by Crippen LogP contribution is 2.26. The summed E-state index contributed by atoms with van der Waals surface area (Å²) < 4.78 is 0. The number of fused-ring (bicyclic) bond motifs is 1. The number of guanidine groups is 1. The van der Waals surface area contributed by atoms with Gasteiger partial charge in [-0.15, -0.1) is 12.4 Å². The number of benzene rings is 3. The molecular weight excluding hydrogens is 361 g/mol. The van der Waals surface area contributed by atoms with Crippen molar-refractivity contribution in [2.24, 2.45) is 10.7 Å². The van der Waals surface area contributed by atoms with Crippen molar-refractivity contribution in [2.75, 3.05) is 5.32 Å². The molecule has 0 aliphatic heterocycles. The zero-order chi connectivity index (χ0) is 16.2. The molecule has 3 aromatic carbocycles. The van der Waals surface area contributed by atoms with E-state index < -0.39 is 0 Å². The summed E-state index contributed by atoms with van der Waals surface area (Å²) in [6.45, 7) is 0. The second-order valence-corrected chi connectivity index (χ2v) is 5.62. The molecule has 0 aliphatic carbocycles. The SMILES string of the molecule is Cl.NC(=Nc1cccc2ccccc12)Nc1cc(C=S)ccc1Cl. The van der Waals surface area contributed by atoms with Gasteiger partial charge in [-0.3, -0.25) is 0 Å². The molecule has 0 aliphatic rings. The van der Waals surface area contributed by atoms with Gasteiger partial charge in [0, 0.05) is 10.8 Å². The Bertz CT molecular complexity index is 904. The lowest BCUT2D eigenvalue weighted by molar-refractivity contribution is 1.46. The lowest BCUT2D eigenvalue weighted by Crippen LogP contribution is -2.22. The fourth-order valence-corrected chi connectivity index (χ4v) is 2.62. The van der Waals surface area contributed by atoms with Crippen molar-refractivity contribution in [1.82, 2.24) is 0 Å². The highest BCUT2D eigenvalue weighted by Gasteiger charge is 2.04. The van der Waals surface area contributed by atoms with Gasteiger partial charge in [0.25, 0.3) is 0 Å². The zero-order valence-electron chi connectivity index (χ0n) is 12.6. The molecule has 0 heterocycles. The zero-order valence-corrected chi connectivity index (χ0v) is 15.0. The van der Waals surface area contributed by atoms with E-state index in [0.717, 1.165) is 22.0 Å². The summed E-state index contributed by atoms with van der Waals surface area (Å²) in [6.07, 6.45) is 0. The molecule has 0 fully saturated rings. The van der Waals surface area contributed by atoms with E-state index in [1.807, 2.05) is 54.6 Å². The number of halogens is 2. The summed E-state index contributed by atoms with van der Waals surface area (Å²) in [5, 5.41) is 7.32. The molecule has 3 N–H and O–H groups in total. The van der Waals surface area contributed by atoms with Crippen molar-refractivity contribution in [1.29, 1.82) is 0 Å². The van der Waals surface area contributed by atoms with Gasteiger partial charge in [-0.1, -0.05) is 66.3 Å². The van der Waals surface area contributed by atoms with Crippen LogP contribution in [-0.4, -0.2) is 11.3 Å². The molecule has 0 bridgehead atoms. The van der Waals surface area contributed by atoms with Crippen LogP contribution in [0.1, 0.15) is 5.56 Å². The molecule has 0 atom stereocenters. The third-order valence-electron chi connectivity index (χ3n) is 3.40. The molecule has 0 saturated heterocycles. The van der Waals surface area contributed by atoms with E-state index in [0.29, 0.717) is 10.7 Å². The monoisotopic (exact) mass is 375 g/mol. The molecule has 0 aromatic heterocycles. The number of hydrogen-bond donors (Lipinski definition) is 2.